The fourth-order valence-electron chi connectivity index (χ4n) is 2.38. The van der Waals surface area contributed by atoms with Crippen LogP contribution in [0, 0.1) is 5.92 Å². The van der Waals surface area contributed by atoms with Crippen molar-refractivity contribution >= 4 is 11.8 Å². The molecule has 0 saturated heterocycles. The van der Waals surface area contributed by atoms with Crippen molar-refractivity contribution in [3.8, 4) is 11.5 Å². The summed E-state index contributed by atoms with van der Waals surface area (Å²) in [6, 6.07) is 4.47. The Labute approximate surface area is 140 Å². The Morgan fingerprint density at radius 1 is 1.38 bits per heavy atom. The number of allylic oxidation sites excluding steroid dienone is 6. The van der Waals surface area contributed by atoms with Gasteiger partial charge in [0.1, 0.15) is 17.1 Å². The Morgan fingerprint density at radius 3 is 2.88 bits per heavy atom. The summed E-state index contributed by atoms with van der Waals surface area (Å²) in [6.07, 6.45) is 10.1. The molecule has 0 aliphatic heterocycles. The maximum atomic E-state index is 12.4. The van der Waals surface area contributed by atoms with Gasteiger partial charge in [0.05, 0.1) is 7.11 Å². The van der Waals surface area contributed by atoms with Gasteiger partial charge in [-0.3, -0.25) is 4.79 Å². The van der Waals surface area contributed by atoms with E-state index in [-0.39, 0.29) is 35.4 Å². The second-order valence-electron chi connectivity index (χ2n) is 5.50. The minimum atomic E-state index is -0.568. The molecule has 0 radical (unpaired) electrons. The van der Waals surface area contributed by atoms with Crippen LogP contribution in [0.2, 0.25) is 0 Å². The Morgan fingerprint density at radius 2 is 2.17 bits per heavy atom. The van der Waals surface area contributed by atoms with E-state index in [0.717, 1.165) is 6.42 Å². The Balaban J connectivity index is 2.14. The number of carbonyl (C=O) groups excluding carboxylic acids is 2. The van der Waals surface area contributed by atoms with Crippen molar-refractivity contribution < 1.29 is 24.2 Å². The molecule has 0 heterocycles. The first-order valence-corrected chi connectivity index (χ1v) is 7.59. The van der Waals surface area contributed by atoms with Crippen LogP contribution < -0.4 is 4.74 Å². The predicted octanol–water partition coefficient (Wildman–Crippen LogP) is 3.21. The predicted molar refractivity (Wildman–Crippen MR) is 90.1 cm³/mol. The highest BCUT2D eigenvalue weighted by molar-refractivity contribution is 6.08. The molecule has 5 nitrogen and oxygen atoms in total. The van der Waals surface area contributed by atoms with Gasteiger partial charge in [0.15, 0.2) is 12.4 Å². The Bertz CT molecular complexity index is 712. The molecule has 24 heavy (non-hydrogen) atoms. The van der Waals surface area contributed by atoms with E-state index in [1.165, 1.54) is 30.9 Å². The van der Waals surface area contributed by atoms with Crippen LogP contribution in [-0.4, -0.2) is 30.6 Å². The van der Waals surface area contributed by atoms with Gasteiger partial charge in [0, 0.05) is 0 Å². The van der Waals surface area contributed by atoms with Crippen LogP contribution in [0.1, 0.15) is 23.7 Å². The van der Waals surface area contributed by atoms with Crippen LogP contribution in [0.3, 0.4) is 0 Å². The molecule has 1 N–H and O–H groups in total. The molecule has 0 bridgehead atoms. The van der Waals surface area contributed by atoms with Crippen LogP contribution in [0.5, 0.6) is 11.5 Å². The molecule has 126 valence electrons. The highest BCUT2D eigenvalue weighted by Crippen LogP contribution is 2.29. The quantitative estimate of drug-likeness (QED) is 0.493. The molecular weight excluding hydrogens is 308 g/mol. The van der Waals surface area contributed by atoms with Crippen LogP contribution in [0.25, 0.3) is 0 Å². The van der Waals surface area contributed by atoms with Gasteiger partial charge in [0.2, 0.25) is 0 Å². The van der Waals surface area contributed by atoms with E-state index in [2.05, 4.69) is 4.74 Å². The van der Waals surface area contributed by atoms with E-state index < -0.39 is 5.97 Å². The van der Waals surface area contributed by atoms with Crippen LogP contribution in [0.15, 0.2) is 54.2 Å². The molecule has 1 unspecified atom stereocenters. The zero-order chi connectivity index (χ0) is 17.5. The van der Waals surface area contributed by atoms with E-state index in [0.29, 0.717) is 0 Å². The van der Waals surface area contributed by atoms with Crippen LogP contribution >= 0.6 is 0 Å². The topological polar surface area (TPSA) is 72.8 Å². The van der Waals surface area contributed by atoms with E-state index >= 15 is 0 Å². The van der Waals surface area contributed by atoms with Gasteiger partial charge in [-0.15, -0.1) is 0 Å². The summed E-state index contributed by atoms with van der Waals surface area (Å²) in [5, 5.41) is 9.99. The highest BCUT2D eigenvalue weighted by Gasteiger charge is 2.17. The standard InChI is InChI=1S/C19H20O5/c1-13-5-3-6-14(11-13)9-10-16(21)19-15(20)7-4-8-17(19)24-12-18(22)23-2/h3-10,14,20H,11-12H2,1-2H3. The Kier molecular flexibility index (Phi) is 5.95. The van der Waals surface area contributed by atoms with Crippen LogP contribution in [-0.2, 0) is 9.53 Å². The van der Waals surface area contributed by atoms with Crippen molar-refractivity contribution in [2.75, 3.05) is 13.7 Å². The number of rotatable bonds is 6. The van der Waals surface area contributed by atoms with Crippen molar-refractivity contribution in [1.29, 1.82) is 0 Å². The molecule has 1 atom stereocenters. The van der Waals surface area contributed by atoms with E-state index in [1.54, 1.807) is 12.1 Å². The number of phenolic OH excluding ortho intramolecular Hbond substituents is 1. The highest BCUT2D eigenvalue weighted by atomic mass is 16.6. The van der Waals surface area contributed by atoms with E-state index in [4.69, 9.17) is 4.74 Å². The average molecular weight is 328 g/mol. The number of carbonyl (C=O) groups is 2. The number of ether oxygens (including phenoxy) is 2. The molecule has 1 aromatic rings. The molecule has 2 rings (SSSR count). The molecule has 1 aliphatic rings. The molecule has 0 spiro atoms. The average Bonchev–Trinajstić information content (AvgIpc) is 2.57. The van der Waals surface area contributed by atoms with Gasteiger partial charge in [-0.1, -0.05) is 35.9 Å². The number of ketones is 1. The second kappa shape index (κ2) is 8.15. The summed E-state index contributed by atoms with van der Waals surface area (Å²) in [7, 11) is 1.25. The summed E-state index contributed by atoms with van der Waals surface area (Å²) in [5.41, 5.74) is 1.27. The van der Waals surface area contributed by atoms with Gasteiger partial charge in [-0.2, -0.15) is 0 Å². The summed E-state index contributed by atoms with van der Waals surface area (Å²) >= 11 is 0. The number of hydrogen-bond donors (Lipinski definition) is 1. The van der Waals surface area contributed by atoms with Crippen molar-refractivity contribution in [2.45, 2.75) is 13.3 Å². The maximum Gasteiger partial charge on any atom is 0.343 e. The SMILES string of the molecule is COC(=O)COc1cccc(O)c1C(=O)C=CC1C=CC=C(C)C1. The lowest BCUT2D eigenvalue weighted by atomic mass is 9.94. The first-order chi connectivity index (χ1) is 11.5. The molecular formula is C19H20O5. The number of esters is 1. The van der Waals surface area contributed by atoms with Crippen molar-refractivity contribution in [2.24, 2.45) is 5.92 Å². The summed E-state index contributed by atoms with van der Waals surface area (Å²) in [6.45, 7) is 1.70. The summed E-state index contributed by atoms with van der Waals surface area (Å²) in [5.74, 6) is -0.854. The summed E-state index contributed by atoms with van der Waals surface area (Å²) in [4.78, 5) is 23.6. The zero-order valence-corrected chi connectivity index (χ0v) is 13.7. The molecule has 0 aromatic heterocycles. The van der Waals surface area contributed by atoms with Crippen LogP contribution in [0.4, 0.5) is 0 Å². The number of hydrogen-bond acceptors (Lipinski definition) is 5. The number of phenols is 1. The van der Waals surface area contributed by atoms with Gasteiger partial charge in [-0.05, 0) is 37.5 Å². The largest absolute Gasteiger partial charge is 0.507 e. The third-order valence-electron chi connectivity index (χ3n) is 3.62. The lowest BCUT2D eigenvalue weighted by molar-refractivity contribution is -0.142. The maximum absolute atomic E-state index is 12.4. The molecule has 5 heteroatoms. The molecule has 1 aromatic carbocycles. The molecule has 0 fully saturated rings. The fourth-order valence-corrected chi connectivity index (χ4v) is 2.38. The first-order valence-electron chi connectivity index (χ1n) is 7.59. The first kappa shape index (κ1) is 17.5. The van der Waals surface area contributed by atoms with Crippen molar-refractivity contribution in [1.82, 2.24) is 0 Å². The molecule has 0 saturated carbocycles. The fraction of sp³-hybridized carbons (Fsp3) is 0.263. The second-order valence-corrected chi connectivity index (χ2v) is 5.50. The third-order valence-corrected chi connectivity index (χ3v) is 3.62. The minimum Gasteiger partial charge on any atom is -0.507 e. The molecule has 1 aliphatic carbocycles. The number of methoxy groups -OCH3 is 1. The number of aromatic hydroxyl groups is 1. The minimum absolute atomic E-state index is 0.0321. The van der Waals surface area contributed by atoms with Crippen molar-refractivity contribution in [3.63, 3.8) is 0 Å². The lowest BCUT2D eigenvalue weighted by Crippen LogP contribution is -2.14. The van der Waals surface area contributed by atoms with Gasteiger partial charge in [-0.25, -0.2) is 4.79 Å². The zero-order valence-electron chi connectivity index (χ0n) is 13.7. The normalized spacial score (nSPS) is 16.8. The Hall–Kier alpha value is -2.82. The number of benzene rings is 1. The lowest BCUT2D eigenvalue weighted by Gasteiger charge is -2.12. The van der Waals surface area contributed by atoms with E-state index in [1.807, 2.05) is 25.2 Å². The molecule has 0 amide bonds. The van der Waals surface area contributed by atoms with Gasteiger partial charge >= 0.3 is 5.97 Å². The summed E-state index contributed by atoms with van der Waals surface area (Å²) < 4.78 is 9.79. The van der Waals surface area contributed by atoms with E-state index in [9.17, 15) is 14.7 Å². The van der Waals surface area contributed by atoms with Gasteiger partial charge in [0.25, 0.3) is 0 Å². The van der Waals surface area contributed by atoms with Crippen molar-refractivity contribution in [3.05, 3.63) is 59.7 Å². The monoisotopic (exact) mass is 328 g/mol. The van der Waals surface area contributed by atoms with Gasteiger partial charge < -0.3 is 14.6 Å². The smallest absolute Gasteiger partial charge is 0.343 e. The third kappa shape index (κ3) is 4.59.